The minimum atomic E-state index is -1.76. The fourth-order valence-electron chi connectivity index (χ4n) is 9.14. The zero-order valence-electron chi connectivity index (χ0n) is 50.7. The molecular formula is C55H98N14O15. The van der Waals surface area contributed by atoms with E-state index in [1.54, 1.807) is 41.5 Å². The smallest absolute Gasteiger partial charge is 0.245 e. The van der Waals surface area contributed by atoms with Crippen molar-refractivity contribution in [3.05, 3.63) is 0 Å². The maximum absolute atomic E-state index is 14.2. The van der Waals surface area contributed by atoms with Crippen molar-refractivity contribution in [2.45, 2.75) is 213 Å². The van der Waals surface area contributed by atoms with Gasteiger partial charge in [0.2, 0.25) is 76.8 Å². The number of hydrogen-bond donors (Lipinski definition) is 15. The van der Waals surface area contributed by atoms with E-state index in [0.717, 1.165) is 0 Å². The molecule has 13 amide bonds. The summed E-state index contributed by atoms with van der Waals surface area (Å²) in [6.07, 6.45) is 2.98. The first-order valence-corrected chi connectivity index (χ1v) is 29.2. The highest BCUT2D eigenvalue weighted by atomic mass is 16.3. The number of carbonyl (C=O) groups excluding carboxylic acids is 13. The Morgan fingerprint density at radius 1 is 0.512 bits per heavy atom. The number of nitrogens with zero attached hydrogens (tertiary/aromatic N) is 1. The third-order valence-corrected chi connectivity index (χ3v) is 13.7. The number of carbonyl (C=O) groups is 13. The van der Waals surface area contributed by atoms with Crippen LogP contribution in [0.4, 0.5) is 0 Å². The van der Waals surface area contributed by atoms with Crippen LogP contribution in [-0.2, 0) is 62.3 Å². The molecule has 0 aromatic carbocycles. The zero-order valence-corrected chi connectivity index (χ0v) is 50.7. The van der Waals surface area contributed by atoms with E-state index in [4.69, 9.17) is 17.2 Å². The lowest BCUT2D eigenvalue weighted by atomic mass is 9.99. The molecule has 0 radical (unpaired) electrons. The summed E-state index contributed by atoms with van der Waals surface area (Å²) >= 11 is 0. The molecule has 1 heterocycles. The van der Waals surface area contributed by atoms with Gasteiger partial charge in [-0.15, -0.1) is 0 Å². The molecule has 1 saturated heterocycles. The average molecular weight is 1200 g/mol. The molecule has 1 fully saturated rings. The monoisotopic (exact) mass is 1190 g/mol. The second-order valence-electron chi connectivity index (χ2n) is 23.0. The third-order valence-electron chi connectivity index (χ3n) is 13.7. The maximum Gasteiger partial charge on any atom is 0.245 e. The second-order valence-corrected chi connectivity index (χ2v) is 23.0. The Morgan fingerprint density at radius 2 is 0.929 bits per heavy atom. The van der Waals surface area contributed by atoms with Gasteiger partial charge in [-0.1, -0.05) is 75.2 Å². The van der Waals surface area contributed by atoms with Crippen LogP contribution in [0.5, 0.6) is 0 Å². The number of likely N-dealkylation sites (tertiary alicyclic amines) is 1. The number of hydrogen-bond acceptors (Lipinski definition) is 16. The van der Waals surface area contributed by atoms with Gasteiger partial charge in [0.25, 0.3) is 0 Å². The molecule has 29 heteroatoms. The van der Waals surface area contributed by atoms with Gasteiger partial charge in [0, 0.05) is 19.9 Å². The van der Waals surface area contributed by atoms with Crippen molar-refractivity contribution in [3.63, 3.8) is 0 Å². The van der Waals surface area contributed by atoms with Crippen molar-refractivity contribution in [1.82, 2.24) is 58.1 Å². The predicted octanol–water partition coefficient (Wildman–Crippen LogP) is -3.67. The van der Waals surface area contributed by atoms with Crippen LogP contribution >= 0.6 is 0 Å². The summed E-state index contributed by atoms with van der Waals surface area (Å²) in [5.41, 5.74) is 16.6. The minimum absolute atomic E-state index is 0.0112. The first-order chi connectivity index (χ1) is 39.4. The Balaban J connectivity index is 3.27. The van der Waals surface area contributed by atoms with Gasteiger partial charge in [0.1, 0.15) is 60.4 Å². The van der Waals surface area contributed by atoms with Gasteiger partial charge >= 0.3 is 0 Å². The Morgan fingerprint density at radius 3 is 1.36 bits per heavy atom. The molecule has 29 nitrogen and oxygen atoms in total. The molecule has 0 aliphatic carbocycles. The number of primary amides is 2. The Hall–Kier alpha value is -7.01. The summed E-state index contributed by atoms with van der Waals surface area (Å²) in [7, 11) is 0. The van der Waals surface area contributed by atoms with Crippen LogP contribution in [0.2, 0.25) is 0 Å². The molecule has 1 rings (SSSR count). The molecule has 84 heavy (non-hydrogen) atoms. The molecule has 0 unspecified atom stereocenters. The highest BCUT2D eigenvalue weighted by Crippen LogP contribution is 2.19. The second kappa shape index (κ2) is 38.8. The Bertz CT molecular complexity index is 2230. The molecule has 478 valence electrons. The molecule has 1 aliphatic rings. The molecule has 10 atom stereocenters. The van der Waals surface area contributed by atoms with Crippen LogP contribution in [0.25, 0.3) is 0 Å². The SMILES string of the molecule is CCCC[C@H](NC(=O)[C@H](CO)NC(=O)[C@H](CC(C)C)NC(=O)CNC(=O)[C@@H](NC(=O)[C@H](CO)NC(=O)[C@H](CCC(N)=O)NC(=O)[C@H](CC(C)C)NC(=O)[C@H](CC(C)C)NC(=O)[C@H](CCCCN)NC(=O)[C@@H]1CCCN1C(C)=O)C(C)C)C(N)=O. The lowest BCUT2D eigenvalue weighted by Gasteiger charge is -2.29. The lowest BCUT2D eigenvalue weighted by molar-refractivity contribution is -0.138. The van der Waals surface area contributed by atoms with Crippen LogP contribution in [0, 0.1) is 23.7 Å². The van der Waals surface area contributed by atoms with Crippen LogP contribution < -0.4 is 70.4 Å². The number of aliphatic hydroxyl groups is 2. The van der Waals surface area contributed by atoms with Crippen LogP contribution in [0.3, 0.4) is 0 Å². The maximum atomic E-state index is 14.2. The summed E-state index contributed by atoms with van der Waals surface area (Å²) in [4.78, 5) is 174. The summed E-state index contributed by atoms with van der Waals surface area (Å²) < 4.78 is 0. The van der Waals surface area contributed by atoms with Crippen LogP contribution in [0.1, 0.15) is 153 Å². The summed E-state index contributed by atoms with van der Waals surface area (Å²) in [6.45, 7) is 15.1. The summed E-state index contributed by atoms with van der Waals surface area (Å²) in [6, 6.07) is -13.0. The standard InChI is InChI=1S/C55H98N14O15/c1-11-12-16-34(46(58)75)61-52(81)40(27-70)67-49(78)37(23-29(2)3)60-44(74)26-59-55(84)45(32(8)9)68-53(82)41(28-71)66-48(77)36(19-20-43(57)73)62-50(79)38(24-30(4)5)65-51(80)39(25-31(6)7)64-47(76)35(17-13-14-21-56)63-54(83)42-18-15-22-69(42)33(10)72/h29-32,34-42,45,70-71H,11-28,56H2,1-10H3,(H2,57,73)(H2,58,75)(H,59,84)(H,60,74)(H,61,81)(H,62,79)(H,63,83)(H,64,76)(H,65,80)(H,66,77)(H,67,78)(H,68,82)/t34-,35-,36-,37-,38-,39-,40-,41-,42-,45-/m0/s1. The van der Waals surface area contributed by atoms with E-state index in [1.165, 1.54) is 11.8 Å². The molecule has 0 spiro atoms. The fraction of sp³-hybridized carbons (Fsp3) is 0.764. The molecule has 18 N–H and O–H groups in total. The van der Waals surface area contributed by atoms with Gasteiger partial charge in [-0.25, -0.2) is 0 Å². The highest BCUT2D eigenvalue weighted by Gasteiger charge is 2.38. The van der Waals surface area contributed by atoms with E-state index in [-0.39, 0.29) is 55.8 Å². The van der Waals surface area contributed by atoms with Gasteiger partial charge in [0.05, 0.1) is 19.8 Å². The molecule has 0 bridgehead atoms. The Labute approximate surface area is 492 Å². The largest absolute Gasteiger partial charge is 0.394 e. The molecule has 0 aromatic heterocycles. The zero-order chi connectivity index (χ0) is 64.0. The van der Waals surface area contributed by atoms with E-state index in [9.17, 15) is 72.5 Å². The van der Waals surface area contributed by atoms with E-state index in [0.29, 0.717) is 51.6 Å². The summed E-state index contributed by atoms with van der Waals surface area (Å²) in [5, 5.41) is 45.4. The predicted molar refractivity (Wildman–Crippen MR) is 308 cm³/mol. The lowest BCUT2D eigenvalue weighted by Crippen LogP contribution is -2.61. The average Bonchev–Trinajstić information content (AvgIpc) is 3.93. The van der Waals surface area contributed by atoms with E-state index in [1.807, 2.05) is 20.8 Å². The first-order valence-electron chi connectivity index (χ1n) is 29.2. The number of rotatable bonds is 40. The molecule has 1 aliphatic heterocycles. The number of amides is 13. The van der Waals surface area contributed by atoms with Crippen molar-refractivity contribution in [1.29, 1.82) is 0 Å². The molecule has 0 aromatic rings. The van der Waals surface area contributed by atoms with Crippen LogP contribution in [-0.4, -0.2) is 185 Å². The normalized spacial score (nSPS) is 16.3. The number of unbranched alkanes of at least 4 members (excludes halogenated alkanes) is 2. The van der Waals surface area contributed by atoms with E-state index < -0.39 is 170 Å². The quantitative estimate of drug-likeness (QED) is 0.0263. The summed E-state index contributed by atoms with van der Waals surface area (Å²) in [5.74, 6) is -11.7. The molecule has 0 saturated carbocycles. The van der Waals surface area contributed by atoms with Crippen molar-refractivity contribution in [3.8, 4) is 0 Å². The number of nitrogens with one attached hydrogen (secondary N) is 10. The molecular weight excluding hydrogens is 1100 g/mol. The van der Waals surface area contributed by atoms with Gasteiger partial charge in [-0.05, 0) is 94.4 Å². The van der Waals surface area contributed by atoms with Gasteiger partial charge in [-0.2, -0.15) is 0 Å². The van der Waals surface area contributed by atoms with E-state index >= 15 is 0 Å². The minimum Gasteiger partial charge on any atom is -0.394 e. The fourth-order valence-corrected chi connectivity index (χ4v) is 9.14. The van der Waals surface area contributed by atoms with Crippen molar-refractivity contribution in [2.75, 3.05) is 32.8 Å². The third kappa shape index (κ3) is 27.6. The highest BCUT2D eigenvalue weighted by molar-refractivity contribution is 5.99. The van der Waals surface area contributed by atoms with Crippen LogP contribution in [0.15, 0.2) is 0 Å². The number of nitrogens with two attached hydrogens (primary N) is 3. The van der Waals surface area contributed by atoms with Gasteiger partial charge < -0.3 is 85.5 Å². The first kappa shape index (κ1) is 75.0. The van der Waals surface area contributed by atoms with E-state index in [2.05, 4.69) is 53.2 Å². The van der Waals surface area contributed by atoms with Crippen molar-refractivity contribution < 1.29 is 72.5 Å². The number of aliphatic hydroxyl groups excluding tert-OH is 2. The van der Waals surface area contributed by atoms with Crippen molar-refractivity contribution >= 4 is 76.8 Å². The van der Waals surface area contributed by atoms with Gasteiger partial charge in [-0.3, -0.25) is 62.3 Å². The Kier molecular flexibility index (Phi) is 34.6. The van der Waals surface area contributed by atoms with Gasteiger partial charge in [0.15, 0.2) is 0 Å². The topological polar surface area (TPSA) is 464 Å². The van der Waals surface area contributed by atoms with Crippen molar-refractivity contribution in [2.24, 2.45) is 40.9 Å².